The number of thioether (sulfide) groups is 1. The highest BCUT2D eigenvalue weighted by molar-refractivity contribution is 7.99. The van der Waals surface area contributed by atoms with Crippen molar-refractivity contribution in [3.8, 4) is 0 Å². The maximum absolute atomic E-state index is 5.92. The maximum atomic E-state index is 5.92. The molecule has 0 amide bonds. The summed E-state index contributed by atoms with van der Waals surface area (Å²) in [6.45, 7) is 0.605. The van der Waals surface area contributed by atoms with Gasteiger partial charge in [0, 0.05) is 15.6 Å². The molecular weight excluding hydrogens is 266 g/mol. The molecule has 0 saturated carbocycles. The molecule has 94 valence electrons. The summed E-state index contributed by atoms with van der Waals surface area (Å²) in [5.41, 5.74) is 7.74. The highest BCUT2D eigenvalue weighted by atomic mass is 35.5. The van der Waals surface area contributed by atoms with Crippen molar-refractivity contribution < 1.29 is 4.74 Å². The van der Waals surface area contributed by atoms with Gasteiger partial charge in [0.05, 0.1) is 12.5 Å². The highest BCUT2D eigenvalue weighted by Gasteiger charge is 2.01. The van der Waals surface area contributed by atoms with Crippen LogP contribution in [0, 0.1) is 0 Å². The molecule has 0 atom stereocenters. The van der Waals surface area contributed by atoms with Gasteiger partial charge < -0.3 is 10.5 Å². The zero-order valence-corrected chi connectivity index (χ0v) is 11.4. The summed E-state index contributed by atoms with van der Waals surface area (Å²) >= 11 is 7.46. The van der Waals surface area contributed by atoms with Gasteiger partial charge in [0.1, 0.15) is 0 Å². The lowest BCUT2D eigenvalue weighted by molar-refractivity contribution is 0.169. The van der Waals surface area contributed by atoms with Gasteiger partial charge in [-0.05, 0) is 23.8 Å². The number of nitrogen functional groups attached to an aromatic ring is 1. The fourth-order valence-corrected chi connectivity index (χ4v) is 2.45. The first-order valence-electron chi connectivity index (χ1n) is 5.55. The van der Waals surface area contributed by atoms with Crippen LogP contribution >= 0.6 is 23.4 Å². The predicted molar refractivity (Wildman–Crippen MR) is 77.8 cm³/mol. The van der Waals surface area contributed by atoms with Gasteiger partial charge in [-0.1, -0.05) is 53.7 Å². The number of hydrogen-bond donors (Lipinski definition) is 1. The van der Waals surface area contributed by atoms with E-state index in [1.807, 2.05) is 42.5 Å². The number of nitrogens with two attached hydrogens (primary N) is 1. The lowest BCUT2D eigenvalue weighted by atomic mass is 10.2. The zero-order valence-electron chi connectivity index (χ0n) is 9.80. The van der Waals surface area contributed by atoms with Crippen LogP contribution in [0.2, 0.25) is 5.02 Å². The predicted octanol–water partition coefficient (Wildman–Crippen LogP) is 4.19. The van der Waals surface area contributed by atoms with Crippen molar-refractivity contribution in [2.45, 2.75) is 11.5 Å². The topological polar surface area (TPSA) is 35.2 Å². The van der Waals surface area contributed by atoms with E-state index in [0.29, 0.717) is 17.6 Å². The van der Waals surface area contributed by atoms with Crippen molar-refractivity contribution in [1.82, 2.24) is 0 Å². The number of hydrogen-bond acceptors (Lipinski definition) is 3. The van der Waals surface area contributed by atoms with E-state index in [2.05, 4.69) is 0 Å². The minimum Gasteiger partial charge on any atom is -0.398 e. The van der Waals surface area contributed by atoms with E-state index >= 15 is 0 Å². The second-order valence-electron chi connectivity index (χ2n) is 3.78. The summed E-state index contributed by atoms with van der Waals surface area (Å²) in [4.78, 5) is 0.954. The van der Waals surface area contributed by atoms with Crippen LogP contribution in [-0.2, 0) is 11.3 Å². The lowest BCUT2D eigenvalue weighted by Crippen LogP contribution is -1.93. The number of ether oxygens (including phenoxy) is 1. The molecule has 0 spiro atoms. The molecule has 0 radical (unpaired) electrons. The molecule has 2 aromatic rings. The second-order valence-corrected chi connectivity index (χ2v) is 5.18. The summed E-state index contributed by atoms with van der Waals surface area (Å²) in [5, 5.41) is 0.690. The molecule has 0 bridgehead atoms. The molecule has 0 unspecified atom stereocenters. The molecule has 0 heterocycles. The third-order valence-electron chi connectivity index (χ3n) is 2.38. The fraction of sp³-hybridized carbons (Fsp3) is 0.143. The molecule has 0 fully saturated rings. The Morgan fingerprint density at radius 2 is 1.89 bits per heavy atom. The number of benzene rings is 2. The largest absolute Gasteiger partial charge is 0.398 e. The average molecular weight is 280 g/mol. The molecule has 0 aromatic heterocycles. The van der Waals surface area contributed by atoms with Gasteiger partial charge in [-0.25, -0.2) is 0 Å². The maximum Gasteiger partial charge on any atom is 0.0972 e. The molecule has 2 N–H and O–H groups in total. The van der Waals surface area contributed by atoms with Gasteiger partial charge in [-0.3, -0.25) is 0 Å². The Kier molecular flexibility index (Phi) is 4.93. The van der Waals surface area contributed by atoms with Crippen LogP contribution in [0.5, 0.6) is 0 Å². The van der Waals surface area contributed by atoms with Crippen molar-refractivity contribution >= 4 is 29.1 Å². The smallest absolute Gasteiger partial charge is 0.0972 e. The summed E-state index contributed by atoms with van der Waals surface area (Å²) < 4.78 is 5.58. The third-order valence-corrected chi connectivity index (χ3v) is 3.57. The molecule has 0 aliphatic heterocycles. The normalized spacial score (nSPS) is 10.5. The molecule has 2 aromatic carbocycles. The Labute approximate surface area is 116 Å². The van der Waals surface area contributed by atoms with Gasteiger partial charge >= 0.3 is 0 Å². The van der Waals surface area contributed by atoms with Crippen LogP contribution in [0.3, 0.4) is 0 Å². The van der Waals surface area contributed by atoms with Crippen molar-refractivity contribution in [1.29, 1.82) is 0 Å². The van der Waals surface area contributed by atoms with Crippen molar-refractivity contribution in [3.63, 3.8) is 0 Å². The summed E-state index contributed by atoms with van der Waals surface area (Å²) in [5.74, 6) is 0.555. The zero-order chi connectivity index (χ0) is 12.8. The first kappa shape index (κ1) is 13.3. The van der Waals surface area contributed by atoms with Crippen LogP contribution in [0.1, 0.15) is 5.56 Å². The van der Waals surface area contributed by atoms with Gasteiger partial charge in [-0.2, -0.15) is 0 Å². The van der Waals surface area contributed by atoms with Crippen molar-refractivity contribution in [3.05, 3.63) is 59.1 Å². The van der Waals surface area contributed by atoms with E-state index in [1.54, 1.807) is 17.8 Å². The average Bonchev–Trinajstić information content (AvgIpc) is 2.40. The molecule has 18 heavy (non-hydrogen) atoms. The van der Waals surface area contributed by atoms with Gasteiger partial charge in [0.15, 0.2) is 0 Å². The first-order chi connectivity index (χ1) is 8.75. The van der Waals surface area contributed by atoms with E-state index < -0.39 is 0 Å². The minimum absolute atomic E-state index is 0.555. The Balaban J connectivity index is 1.80. The van der Waals surface area contributed by atoms with Gasteiger partial charge in [0.25, 0.3) is 0 Å². The molecular formula is C14H14ClNOS. The first-order valence-corrected chi connectivity index (χ1v) is 6.91. The molecule has 0 saturated heterocycles. The van der Waals surface area contributed by atoms with Crippen LogP contribution in [-0.4, -0.2) is 5.94 Å². The summed E-state index contributed by atoms with van der Waals surface area (Å²) in [6.07, 6.45) is 0. The second kappa shape index (κ2) is 6.69. The molecule has 2 rings (SSSR count). The van der Waals surface area contributed by atoms with E-state index in [0.717, 1.165) is 16.1 Å². The number of rotatable bonds is 5. The van der Waals surface area contributed by atoms with Gasteiger partial charge in [-0.15, -0.1) is 0 Å². The Morgan fingerprint density at radius 1 is 1.11 bits per heavy atom. The number of anilines is 1. The minimum atomic E-state index is 0.555. The van der Waals surface area contributed by atoms with E-state index in [9.17, 15) is 0 Å². The third kappa shape index (κ3) is 3.95. The fourth-order valence-electron chi connectivity index (χ4n) is 1.47. The molecule has 0 aliphatic rings. The van der Waals surface area contributed by atoms with Crippen molar-refractivity contribution in [2.24, 2.45) is 0 Å². The Morgan fingerprint density at radius 3 is 2.67 bits per heavy atom. The lowest BCUT2D eigenvalue weighted by Gasteiger charge is -2.07. The SMILES string of the molecule is Nc1ccc(Cl)cc1SCOCc1ccccc1. The Hall–Kier alpha value is -1.16. The quantitative estimate of drug-likeness (QED) is 0.386. The summed E-state index contributed by atoms with van der Waals surface area (Å²) in [6, 6.07) is 15.5. The summed E-state index contributed by atoms with van der Waals surface area (Å²) in [7, 11) is 0. The number of halogens is 1. The van der Waals surface area contributed by atoms with Crippen LogP contribution < -0.4 is 5.73 Å². The Bertz CT molecular complexity index is 504. The van der Waals surface area contributed by atoms with Crippen LogP contribution in [0.25, 0.3) is 0 Å². The molecule has 2 nitrogen and oxygen atoms in total. The van der Waals surface area contributed by atoms with E-state index in [-0.39, 0.29) is 0 Å². The van der Waals surface area contributed by atoms with E-state index in [4.69, 9.17) is 22.1 Å². The molecule has 4 heteroatoms. The standard InChI is InChI=1S/C14H14ClNOS/c15-12-6-7-13(16)14(8-12)18-10-17-9-11-4-2-1-3-5-11/h1-8H,9-10,16H2. The van der Waals surface area contributed by atoms with E-state index in [1.165, 1.54) is 0 Å². The van der Waals surface area contributed by atoms with Crippen molar-refractivity contribution in [2.75, 3.05) is 11.7 Å². The highest BCUT2D eigenvalue weighted by Crippen LogP contribution is 2.28. The monoisotopic (exact) mass is 279 g/mol. The van der Waals surface area contributed by atoms with Gasteiger partial charge in [0.2, 0.25) is 0 Å². The van der Waals surface area contributed by atoms with Crippen LogP contribution in [0.15, 0.2) is 53.4 Å². The van der Waals surface area contributed by atoms with Crippen LogP contribution in [0.4, 0.5) is 5.69 Å². The molecule has 0 aliphatic carbocycles.